The zero-order valence-electron chi connectivity index (χ0n) is 14.9. The maximum atomic E-state index is 8.89. The van der Waals surface area contributed by atoms with Gasteiger partial charge in [0.25, 0.3) is 0 Å². The molecule has 1 unspecified atom stereocenters. The molecule has 0 aromatic rings. The van der Waals surface area contributed by atoms with Crippen molar-refractivity contribution in [3.63, 3.8) is 0 Å². The lowest BCUT2D eigenvalue weighted by atomic mass is 9.84. The molecule has 0 spiro atoms. The van der Waals surface area contributed by atoms with Crippen LogP contribution in [0.5, 0.6) is 0 Å². The van der Waals surface area contributed by atoms with Crippen molar-refractivity contribution in [3.05, 3.63) is 13.2 Å². The monoisotopic (exact) mass is 272 g/mol. The van der Waals surface area contributed by atoms with E-state index in [2.05, 4.69) is 27.0 Å². The van der Waals surface area contributed by atoms with Crippen LogP contribution in [-0.2, 0) is 0 Å². The molecule has 1 heteroatoms. The largest absolute Gasteiger partial charge is 0.393 e. The normalized spacial score (nSPS) is 23.4. The molecule has 118 valence electrons. The van der Waals surface area contributed by atoms with Gasteiger partial charge in [-0.3, -0.25) is 0 Å². The van der Waals surface area contributed by atoms with Gasteiger partial charge in [0.2, 0.25) is 0 Å². The van der Waals surface area contributed by atoms with Gasteiger partial charge in [-0.05, 0) is 24.2 Å². The van der Waals surface area contributed by atoms with E-state index >= 15 is 0 Å². The van der Waals surface area contributed by atoms with E-state index in [4.69, 9.17) is 5.11 Å². The maximum absolute atomic E-state index is 8.89. The van der Waals surface area contributed by atoms with E-state index in [0.717, 1.165) is 11.8 Å². The second kappa shape index (κ2) is 14.1. The van der Waals surface area contributed by atoms with E-state index in [9.17, 15) is 0 Å². The van der Waals surface area contributed by atoms with Crippen LogP contribution in [0.1, 0.15) is 81.1 Å². The molecule has 0 aromatic heterocycles. The van der Waals surface area contributed by atoms with Crippen LogP contribution in [0.4, 0.5) is 0 Å². The summed E-state index contributed by atoms with van der Waals surface area (Å²) in [7, 11) is 0. The van der Waals surface area contributed by atoms with Crippen LogP contribution in [-0.4, -0.2) is 11.2 Å². The molecule has 1 aliphatic rings. The number of hydrogen-bond acceptors (Lipinski definition) is 1. The average Bonchev–Trinajstić information content (AvgIpc) is 2.37. The molecule has 1 rings (SSSR count). The lowest BCUT2D eigenvalue weighted by molar-refractivity contribution is 0.0801. The Bertz CT molecular complexity index is 149. The SMILES string of the molecule is C=C.CC.CC(O)C(C)(C)C.CC1CCC(C)CC1. The fourth-order valence-corrected chi connectivity index (χ4v) is 1.43. The summed E-state index contributed by atoms with van der Waals surface area (Å²) in [6, 6.07) is 0. The minimum atomic E-state index is -0.201. The van der Waals surface area contributed by atoms with Crippen molar-refractivity contribution in [2.24, 2.45) is 17.3 Å². The first-order valence-electron chi connectivity index (χ1n) is 7.91. The molecule has 0 bridgehead atoms. The smallest absolute Gasteiger partial charge is 0.0560 e. The highest BCUT2D eigenvalue weighted by atomic mass is 16.3. The number of aliphatic hydroxyl groups is 1. The predicted octanol–water partition coefficient (Wildman–Crippen LogP) is 6.07. The molecule has 19 heavy (non-hydrogen) atoms. The number of rotatable bonds is 0. The molecular formula is C18H40O. The molecule has 1 atom stereocenters. The molecular weight excluding hydrogens is 232 g/mol. The van der Waals surface area contributed by atoms with Crippen LogP contribution in [0.15, 0.2) is 13.2 Å². The molecule has 0 radical (unpaired) electrons. The molecule has 1 nitrogen and oxygen atoms in total. The first-order chi connectivity index (χ1) is 8.73. The Balaban J connectivity index is -0.000000215. The quantitative estimate of drug-likeness (QED) is 0.530. The Labute approximate surface area is 123 Å². The third-order valence-electron chi connectivity index (χ3n) is 3.56. The van der Waals surface area contributed by atoms with E-state index in [0.29, 0.717) is 0 Å². The van der Waals surface area contributed by atoms with E-state index in [1.54, 1.807) is 6.92 Å². The van der Waals surface area contributed by atoms with Gasteiger partial charge in [0, 0.05) is 0 Å². The summed E-state index contributed by atoms with van der Waals surface area (Å²) in [6.07, 6.45) is 5.69. The minimum Gasteiger partial charge on any atom is -0.393 e. The van der Waals surface area contributed by atoms with Crippen LogP contribution in [0.2, 0.25) is 0 Å². The van der Waals surface area contributed by atoms with E-state index in [-0.39, 0.29) is 11.5 Å². The first kappa shape index (κ1) is 23.8. The van der Waals surface area contributed by atoms with Crippen molar-refractivity contribution >= 4 is 0 Å². The number of hydrogen-bond donors (Lipinski definition) is 1. The van der Waals surface area contributed by atoms with Crippen molar-refractivity contribution < 1.29 is 5.11 Å². The summed E-state index contributed by atoms with van der Waals surface area (Å²) < 4.78 is 0. The van der Waals surface area contributed by atoms with Gasteiger partial charge in [-0.25, -0.2) is 0 Å². The summed E-state index contributed by atoms with van der Waals surface area (Å²) in [6.45, 7) is 22.6. The highest BCUT2D eigenvalue weighted by Crippen LogP contribution is 2.27. The molecule has 1 fully saturated rings. The Kier molecular flexibility index (Phi) is 17.7. The van der Waals surface area contributed by atoms with Crippen LogP contribution in [0.3, 0.4) is 0 Å². The Morgan fingerprint density at radius 3 is 1.16 bits per heavy atom. The highest BCUT2D eigenvalue weighted by Gasteiger charge is 2.15. The molecule has 1 aliphatic carbocycles. The zero-order chi connectivity index (χ0) is 16.1. The van der Waals surface area contributed by atoms with Gasteiger partial charge in [0.05, 0.1) is 6.10 Å². The fraction of sp³-hybridized carbons (Fsp3) is 0.889. The van der Waals surface area contributed by atoms with Crippen LogP contribution >= 0.6 is 0 Å². The maximum Gasteiger partial charge on any atom is 0.0560 e. The van der Waals surface area contributed by atoms with E-state index in [1.807, 2.05) is 34.6 Å². The molecule has 0 amide bonds. The summed E-state index contributed by atoms with van der Waals surface area (Å²) in [5.41, 5.74) is 0.0556. The van der Waals surface area contributed by atoms with E-state index < -0.39 is 0 Å². The molecule has 1 saturated carbocycles. The summed E-state index contributed by atoms with van der Waals surface area (Å²) in [4.78, 5) is 0. The van der Waals surface area contributed by atoms with Gasteiger partial charge in [0.15, 0.2) is 0 Å². The lowest BCUT2D eigenvalue weighted by Gasteiger charge is -2.22. The van der Waals surface area contributed by atoms with Crippen molar-refractivity contribution in [2.75, 3.05) is 0 Å². The minimum absolute atomic E-state index is 0.0556. The van der Waals surface area contributed by atoms with Gasteiger partial charge in [-0.2, -0.15) is 0 Å². The van der Waals surface area contributed by atoms with E-state index in [1.165, 1.54) is 25.7 Å². The van der Waals surface area contributed by atoms with Crippen molar-refractivity contribution in [2.45, 2.75) is 87.2 Å². The van der Waals surface area contributed by atoms with Gasteiger partial charge >= 0.3 is 0 Å². The molecule has 0 aromatic carbocycles. The van der Waals surface area contributed by atoms with Crippen molar-refractivity contribution in [1.29, 1.82) is 0 Å². The highest BCUT2D eigenvalue weighted by molar-refractivity contribution is 4.66. The van der Waals surface area contributed by atoms with Crippen LogP contribution in [0, 0.1) is 17.3 Å². The third kappa shape index (κ3) is 17.7. The van der Waals surface area contributed by atoms with Crippen LogP contribution in [0.25, 0.3) is 0 Å². The Hall–Kier alpha value is -0.300. The molecule has 0 saturated heterocycles. The Morgan fingerprint density at radius 2 is 1.05 bits per heavy atom. The summed E-state index contributed by atoms with van der Waals surface area (Å²) in [5, 5.41) is 8.89. The summed E-state index contributed by atoms with van der Waals surface area (Å²) >= 11 is 0. The Morgan fingerprint density at radius 1 is 0.895 bits per heavy atom. The van der Waals surface area contributed by atoms with Crippen molar-refractivity contribution in [1.82, 2.24) is 0 Å². The second-order valence-electron chi connectivity index (χ2n) is 6.41. The van der Waals surface area contributed by atoms with Gasteiger partial charge < -0.3 is 5.11 Å². The van der Waals surface area contributed by atoms with Gasteiger partial charge in [0.1, 0.15) is 0 Å². The van der Waals surface area contributed by atoms with Crippen molar-refractivity contribution in [3.8, 4) is 0 Å². The second-order valence-corrected chi connectivity index (χ2v) is 6.41. The lowest BCUT2D eigenvalue weighted by Crippen LogP contribution is -2.21. The molecule has 0 aliphatic heterocycles. The summed E-state index contributed by atoms with van der Waals surface area (Å²) in [5.74, 6) is 2.04. The van der Waals surface area contributed by atoms with Gasteiger partial charge in [-0.15, -0.1) is 13.2 Å². The topological polar surface area (TPSA) is 20.2 Å². The molecule has 1 N–H and O–H groups in total. The standard InChI is InChI=1S/C8H16.C6H14O.C2H6.C2H4/c1-7-3-5-8(2)6-4-7;1-5(7)6(2,3)4;2*1-2/h7-8H,3-6H2,1-2H3;5,7H,1-4H3;1-2H3;1-2H2. The third-order valence-corrected chi connectivity index (χ3v) is 3.56. The van der Waals surface area contributed by atoms with Gasteiger partial charge in [-0.1, -0.05) is 74.1 Å². The zero-order valence-corrected chi connectivity index (χ0v) is 14.9. The average molecular weight is 273 g/mol. The predicted molar refractivity (Wildman–Crippen MR) is 90.5 cm³/mol. The number of aliphatic hydroxyl groups excluding tert-OH is 1. The van der Waals surface area contributed by atoms with Crippen LogP contribution < -0.4 is 0 Å². The molecule has 0 heterocycles. The fourth-order valence-electron chi connectivity index (χ4n) is 1.43. The first-order valence-corrected chi connectivity index (χ1v) is 7.91.